The van der Waals surface area contributed by atoms with Crippen LogP contribution in [0, 0.1) is 0 Å². The lowest BCUT2D eigenvalue weighted by Crippen LogP contribution is -2.20. The SMILES string of the molecule is NCC(Oc1ccccc1C(F)(F)F)c1ccncc1. The van der Waals surface area contributed by atoms with Crippen molar-refractivity contribution in [1.82, 2.24) is 4.98 Å². The van der Waals surface area contributed by atoms with Gasteiger partial charge in [0.1, 0.15) is 11.9 Å². The first-order valence-corrected chi connectivity index (χ1v) is 5.95. The van der Waals surface area contributed by atoms with E-state index >= 15 is 0 Å². The zero-order valence-electron chi connectivity index (χ0n) is 10.5. The molecule has 1 aromatic heterocycles. The summed E-state index contributed by atoms with van der Waals surface area (Å²) in [5, 5.41) is 0. The van der Waals surface area contributed by atoms with Crippen LogP contribution in [0.1, 0.15) is 17.2 Å². The topological polar surface area (TPSA) is 48.1 Å². The molecule has 1 aromatic carbocycles. The maximum atomic E-state index is 12.9. The third-order valence-electron chi connectivity index (χ3n) is 2.75. The van der Waals surface area contributed by atoms with Gasteiger partial charge in [-0.15, -0.1) is 0 Å². The second kappa shape index (κ2) is 5.92. The van der Waals surface area contributed by atoms with Crippen LogP contribution in [0.3, 0.4) is 0 Å². The van der Waals surface area contributed by atoms with Gasteiger partial charge in [0.25, 0.3) is 0 Å². The van der Waals surface area contributed by atoms with Gasteiger partial charge in [0, 0.05) is 18.9 Å². The first-order chi connectivity index (χ1) is 9.52. The molecule has 0 spiro atoms. The van der Waals surface area contributed by atoms with Gasteiger partial charge in [-0.3, -0.25) is 4.98 Å². The summed E-state index contributed by atoms with van der Waals surface area (Å²) in [6, 6.07) is 8.40. The number of alkyl halides is 3. The molecule has 0 saturated heterocycles. The second-order valence-corrected chi connectivity index (χ2v) is 4.12. The molecule has 2 rings (SSSR count). The van der Waals surface area contributed by atoms with Crippen LogP contribution in [0.25, 0.3) is 0 Å². The number of para-hydroxylation sites is 1. The fourth-order valence-electron chi connectivity index (χ4n) is 1.79. The maximum Gasteiger partial charge on any atom is 0.419 e. The third kappa shape index (κ3) is 3.27. The van der Waals surface area contributed by atoms with E-state index in [0.29, 0.717) is 5.56 Å². The Kier molecular flexibility index (Phi) is 4.24. The molecule has 20 heavy (non-hydrogen) atoms. The van der Waals surface area contributed by atoms with E-state index < -0.39 is 17.8 Å². The van der Waals surface area contributed by atoms with E-state index in [0.717, 1.165) is 6.07 Å². The summed E-state index contributed by atoms with van der Waals surface area (Å²) < 4.78 is 44.1. The Morgan fingerprint density at radius 1 is 1.10 bits per heavy atom. The lowest BCUT2D eigenvalue weighted by atomic mass is 10.1. The van der Waals surface area contributed by atoms with Crippen LogP contribution in [0.4, 0.5) is 13.2 Å². The average molecular weight is 282 g/mol. The molecule has 106 valence electrons. The van der Waals surface area contributed by atoms with Gasteiger partial charge >= 0.3 is 6.18 Å². The summed E-state index contributed by atoms with van der Waals surface area (Å²) in [4.78, 5) is 3.85. The Morgan fingerprint density at radius 3 is 2.35 bits per heavy atom. The first-order valence-electron chi connectivity index (χ1n) is 5.95. The standard InChI is InChI=1S/C14H13F3N2O/c15-14(16,17)11-3-1-2-4-12(11)20-13(9-18)10-5-7-19-8-6-10/h1-8,13H,9,18H2. The number of halogens is 3. The molecule has 0 saturated carbocycles. The minimum Gasteiger partial charge on any atom is -0.484 e. The van der Waals surface area contributed by atoms with Crippen molar-refractivity contribution < 1.29 is 17.9 Å². The fourth-order valence-corrected chi connectivity index (χ4v) is 1.79. The highest BCUT2D eigenvalue weighted by atomic mass is 19.4. The van der Waals surface area contributed by atoms with Crippen molar-refractivity contribution in [2.75, 3.05) is 6.54 Å². The number of nitrogens with zero attached hydrogens (tertiary/aromatic N) is 1. The van der Waals surface area contributed by atoms with Crippen LogP contribution in [-0.4, -0.2) is 11.5 Å². The quantitative estimate of drug-likeness (QED) is 0.937. The predicted molar refractivity (Wildman–Crippen MR) is 68.1 cm³/mol. The summed E-state index contributed by atoms with van der Waals surface area (Å²) in [6.07, 6.45) is -2.04. The highest BCUT2D eigenvalue weighted by Crippen LogP contribution is 2.37. The summed E-state index contributed by atoms with van der Waals surface area (Å²) >= 11 is 0. The van der Waals surface area contributed by atoms with E-state index in [1.165, 1.54) is 30.6 Å². The average Bonchev–Trinajstić information content (AvgIpc) is 2.45. The van der Waals surface area contributed by atoms with Gasteiger partial charge in [0.05, 0.1) is 5.56 Å². The minimum absolute atomic E-state index is 0.0657. The van der Waals surface area contributed by atoms with Crippen LogP contribution in [0.15, 0.2) is 48.8 Å². The molecular formula is C14H13F3N2O. The number of aromatic nitrogens is 1. The second-order valence-electron chi connectivity index (χ2n) is 4.12. The van der Waals surface area contributed by atoms with Crippen LogP contribution in [-0.2, 0) is 6.18 Å². The van der Waals surface area contributed by atoms with Gasteiger partial charge in [0.15, 0.2) is 0 Å². The van der Waals surface area contributed by atoms with Gasteiger partial charge in [-0.2, -0.15) is 13.2 Å². The van der Waals surface area contributed by atoms with Crippen molar-refractivity contribution in [2.45, 2.75) is 12.3 Å². The molecule has 6 heteroatoms. The number of ether oxygens (including phenoxy) is 1. The van der Waals surface area contributed by atoms with Crippen LogP contribution < -0.4 is 10.5 Å². The minimum atomic E-state index is -4.46. The van der Waals surface area contributed by atoms with E-state index in [1.54, 1.807) is 12.1 Å². The number of rotatable bonds is 4. The Hall–Kier alpha value is -2.08. The Morgan fingerprint density at radius 2 is 1.75 bits per heavy atom. The van der Waals surface area contributed by atoms with Crippen LogP contribution in [0.2, 0.25) is 0 Å². The lowest BCUT2D eigenvalue weighted by Gasteiger charge is -2.20. The lowest BCUT2D eigenvalue weighted by molar-refractivity contribution is -0.139. The van der Waals surface area contributed by atoms with Crippen LogP contribution in [0.5, 0.6) is 5.75 Å². The molecule has 0 bridgehead atoms. The molecule has 0 aliphatic heterocycles. The van der Waals surface area contributed by atoms with Gasteiger partial charge in [-0.25, -0.2) is 0 Å². The van der Waals surface area contributed by atoms with E-state index in [2.05, 4.69) is 4.98 Å². The van der Waals surface area contributed by atoms with Gasteiger partial charge in [-0.05, 0) is 29.8 Å². The number of pyridine rings is 1. The van der Waals surface area contributed by atoms with Crippen molar-refractivity contribution in [3.63, 3.8) is 0 Å². The summed E-state index contributed by atoms with van der Waals surface area (Å²) in [5.41, 5.74) is 5.45. The molecule has 0 radical (unpaired) electrons. The fraction of sp³-hybridized carbons (Fsp3) is 0.214. The molecule has 1 unspecified atom stereocenters. The summed E-state index contributed by atoms with van der Waals surface area (Å²) in [6.45, 7) is 0.0657. The summed E-state index contributed by atoms with van der Waals surface area (Å²) in [7, 11) is 0. The van der Waals surface area contributed by atoms with Gasteiger partial charge in [-0.1, -0.05) is 12.1 Å². The molecule has 0 aliphatic carbocycles. The first kappa shape index (κ1) is 14.3. The van der Waals surface area contributed by atoms with Crippen molar-refractivity contribution in [2.24, 2.45) is 5.73 Å². The van der Waals surface area contributed by atoms with E-state index in [-0.39, 0.29) is 12.3 Å². The Labute approximate surface area is 114 Å². The molecule has 0 fully saturated rings. The zero-order chi connectivity index (χ0) is 14.6. The van der Waals surface area contributed by atoms with Crippen molar-refractivity contribution >= 4 is 0 Å². The van der Waals surface area contributed by atoms with E-state index in [1.807, 2.05) is 0 Å². The monoisotopic (exact) mass is 282 g/mol. The molecule has 1 heterocycles. The number of benzene rings is 1. The molecule has 1 atom stereocenters. The van der Waals surface area contributed by atoms with Crippen LogP contribution >= 0.6 is 0 Å². The Balaban J connectivity index is 2.29. The molecule has 0 amide bonds. The highest BCUT2D eigenvalue weighted by molar-refractivity contribution is 5.36. The van der Waals surface area contributed by atoms with Crippen molar-refractivity contribution in [3.8, 4) is 5.75 Å². The van der Waals surface area contributed by atoms with Crippen molar-refractivity contribution in [3.05, 3.63) is 59.9 Å². The summed E-state index contributed by atoms with van der Waals surface area (Å²) in [5.74, 6) is -0.229. The predicted octanol–water partition coefficient (Wildman–Crippen LogP) is 3.18. The molecule has 3 nitrogen and oxygen atoms in total. The van der Waals surface area contributed by atoms with Crippen molar-refractivity contribution in [1.29, 1.82) is 0 Å². The Bertz CT molecular complexity index is 558. The smallest absolute Gasteiger partial charge is 0.419 e. The van der Waals surface area contributed by atoms with Gasteiger partial charge in [0.2, 0.25) is 0 Å². The number of nitrogens with two attached hydrogens (primary N) is 1. The maximum absolute atomic E-state index is 12.9. The highest BCUT2D eigenvalue weighted by Gasteiger charge is 2.34. The largest absolute Gasteiger partial charge is 0.484 e. The molecule has 2 N–H and O–H groups in total. The third-order valence-corrected chi connectivity index (χ3v) is 2.75. The molecular weight excluding hydrogens is 269 g/mol. The zero-order valence-corrected chi connectivity index (χ0v) is 10.5. The normalized spacial score (nSPS) is 13.0. The molecule has 0 aliphatic rings. The van der Waals surface area contributed by atoms with E-state index in [9.17, 15) is 13.2 Å². The number of hydrogen-bond donors (Lipinski definition) is 1. The van der Waals surface area contributed by atoms with E-state index in [4.69, 9.17) is 10.5 Å². The molecule has 2 aromatic rings. The number of hydrogen-bond acceptors (Lipinski definition) is 3. The van der Waals surface area contributed by atoms with Gasteiger partial charge < -0.3 is 10.5 Å².